The zero-order valence-electron chi connectivity index (χ0n) is 19.7. The second-order valence-electron chi connectivity index (χ2n) is 9.14. The molecular weight excluding hydrogens is 420 g/mol. The molecule has 34 heavy (non-hydrogen) atoms. The molecule has 1 aliphatic rings. The summed E-state index contributed by atoms with van der Waals surface area (Å²) in [7, 11) is 0. The van der Waals surface area contributed by atoms with E-state index in [4.69, 9.17) is 0 Å². The lowest BCUT2D eigenvalue weighted by Gasteiger charge is -2.32. The van der Waals surface area contributed by atoms with Gasteiger partial charge in [-0.05, 0) is 62.9 Å². The number of hydrogen-bond acceptors (Lipinski definition) is 6. The van der Waals surface area contributed by atoms with Crippen LogP contribution in [0.15, 0.2) is 73.1 Å². The third-order valence-electron chi connectivity index (χ3n) is 6.58. The molecule has 0 unspecified atom stereocenters. The normalized spacial score (nSPS) is 14.9. The van der Waals surface area contributed by atoms with Crippen LogP contribution >= 0.6 is 0 Å². The molecule has 5 rings (SSSR count). The zero-order chi connectivity index (χ0) is 23.2. The van der Waals surface area contributed by atoms with E-state index in [2.05, 4.69) is 72.9 Å². The maximum atomic E-state index is 4.62. The number of para-hydroxylation sites is 1. The Labute approximate surface area is 201 Å². The van der Waals surface area contributed by atoms with Crippen molar-refractivity contribution in [1.29, 1.82) is 0 Å². The summed E-state index contributed by atoms with van der Waals surface area (Å²) in [6.07, 6.45) is 5.36. The number of benzene rings is 2. The molecule has 0 radical (unpaired) electrons. The van der Waals surface area contributed by atoms with Crippen molar-refractivity contribution < 1.29 is 0 Å². The zero-order valence-corrected chi connectivity index (χ0v) is 19.7. The van der Waals surface area contributed by atoms with Gasteiger partial charge in [0.1, 0.15) is 18.0 Å². The topological polar surface area (TPSA) is 66.0 Å². The number of anilines is 3. The molecule has 0 amide bonds. The van der Waals surface area contributed by atoms with Crippen LogP contribution in [0.5, 0.6) is 0 Å². The van der Waals surface area contributed by atoms with E-state index in [9.17, 15) is 0 Å². The van der Waals surface area contributed by atoms with Gasteiger partial charge < -0.3 is 15.5 Å². The predicted octanol–water partition coefficient (Wildman–Crippen LogP) is 5.44. The molecule has 6 nitrogen and oxygen atoms in total. The van der Waals surface area contributed by atoms with Crippen LogP contribution in [-0.2, 0) is 6.42 Å². The molecule has 6 heteroatoms. The Hall–Kier alpha value is -3.51. The van der Waals surface area contributed by atoms with Crippen molar-refractivity contribution in [2.24, 2.45) is 5.92 Å². The van der Waals surface area contributed by atoms with Crippen LogP contribution in [0.4, 0.5) is 17.3 Å². The second kappa shape index (κ2) is 10.6. The molecule has 2 aromatic carbocycles. The summed E-state index contributed by atoms with van der Waals surface area (Å²) in [5, 5.41) is 8.00. The molecule has 0 spiro atoms. The van der Waals surface area contributed by atoms with E-state index in [1.54, 1.807) is 6.33 Å². The summed E-state index contributed by atoms with van der Waals surface area (Å²) >= 11 is 0. The van der Waals surface area contributed by atoms with E-state index < -0.39 is 0 Å². The lowest BCUT2D eigenvalue weighted by molar-refractivity contribution is 0.190. The Morgan fingerprint density at radius 1 is 0.912 bits per heavy atom. The van der Waals surface area contributed by atoms with Gasteiger partial charge in [-0.2, -0.15) is 0 Å². The molecule has 4 aromatic rings. The SMILES string of the molecule is Cc1cc(Nc2cc(NCCN3CCC(Cc4ccccc4)CC3)ncn2)c2ccccc2n1. The van der Waals surface area contributed by atoms with Crippen LogP contribution in [0.1, 0.15) is 24.1 Å². The lowest BCUT2D eigenvalue weighted by atomic mass is 9.90. The van der Waals surface area contributed by atoms with E-state index in [1.165, 1.54) is 37.9 Å². The van der Waals surface area contributed by atoms with Gasteiger partial charge in [-0.15, -0.1) is 0 Å². The molecule has 0 aliphatic carbocycles. The molecule has 0 saturated carbocycles. The molecule has 2 N–H and O–H groups in total. The Morgan fingerprint density at radius 2 is 1.68 bits per heavy atom. The minimum Gasteiger partial charge on any atom is -0.369 e. The average Bonchev–Trinajstić information content (AvgIpc) is 2.86. The highest BCUT2D eigenvalue weighted by Crippen LogP contribution is 2.26. The first-order chi connectivity index (χ1) is 16.7. The van der Waals surface area contributed by atoms with Crippen molar-refractivity contribution in [3.05, 3.63) is 84.3 Å². The van der Waals surface area contributed by atoms with Crippen LogP contribution < -0.4 is 10.6 Å². The maximum absolute atomic E-state index is 4.62. The van der Waals surface area contributed by atoms with E-state index in [0.717, 1.165) is 52.9 Å². The number of nitrogens with zero attached hydrogens (tertiary/aromatic N) is 4. The molecule has 1 aliphatic heterocycles. The van der Waals surface area contributed by atoms with E-state index in [0.29, 0.717) is 0 Å². The minimum absolute atomic E-state index is 0.773. The van der Waals surface area contributed by atoms with Gasteiger partial charge in [0.15, 0.2) is 0 Å². The second-order valence-corrected chi connectivity index (χ2v) is 9.14. The van der Waals surface area contributed by atoms with Crippen molar-refractivity contribution in [3.63, 3.8) is 0 Å². The first kappa shape index (κ1) is 22.3. The molecule has 0 bridgehead atoms. The molecule has 174 valence electrons. The highest BCUT2D eigenvalue weighted by atomic mass is 15.2. The summed E-state index contributed by atoms with van der Waals surface area (Å²) in [6, 6.07) is 23.1. The molecule has 1 saturated heterocycles. The Balaban J connectivity index is 1.12. The summed E-state index contributed by atoms with van der Waals surface area (Å²) in [5.74, 6) is 2.41. The fourth-order valence-electron chi connectivity index (χ4n) is 4.78. The Morgan fingerprint density at radius 3 is 2.53 bits per heavy atom. The number of likely N-dealkylation sites (tertiary alicyclic amines) is 1. The monoisotopic (exact) mass is 452 g/mol. The van der Waals surface area contributed by atoms with Crippen LogP contribution in [0.25, 0.3) is 10.9 Å². The Bertz CT molecular complexity index is 1220. The van der Waals surface area contributed by atoms with Crippen molar-refractivity contribution >= 4 is 28.2 Å². The van der Waals surface area contributed by atoms with E-state index in [1.807, 2.05) is 31.2 Å². The summed E-state index contributed by atoms with van der Waals surface area (Å²) in [5.41, 5.74) is 4.42. The van der Waals surface area contributed by atoms with Gasteiger partial charge in [-0.3, -0.25) is 4.98 Å². The number of piperidine rings is 1. The van der Waals surface area contributed by atoms with Crippen LogP contribution in [-0.4, -0.2) is 46.0 Å². The van der Waals surface area contributed by atoms with Gasteiger partial charge in [-0.1, -0.05) is 48.5 Å². The number of nitrogens with one attached hydrogen (secondary N) is 2. The third-order valence-corrected chi connectivity index (χ3v) is 6.58. The Kier molecular flexibility index (Phi) is 6.96. The van der Waals surface area contributed by atoms with Crippen LogP contribution in [0, 0.1) is 12.8 Å². The molecule has 3 heterocycles. The standard InChI is InChI=1S/C28H32N6/c1-21-17-26(24-9-5-6-10-25(24)32-21)33-28-19-27(30-20-31-28)29-13-16-34-14-11-23(12-15-34)18-22-7-3-2-4-8-22/h2-10,17,19-20,23H,11-16,18H2,1H3,(H2,29,30,31,32,33). The molecule has 2 aromatic heterocycles. The molecular formula is C28H32N6. The number of aromatic nitrogens is 3. The third kappa shape index (κ3) is 5.69. The minimum atomic E-state index is 0.773. The van der Waals surface area contributed by atoms with Crippen molar-refractivity contribution in [2.75, 3.05) is 36.8 Å². The van der Waals surface area contributed by atoms with Gasteiger partial charge in [0.05, 0.1) is 11.2 Å². The van der Waals surface area contributed by atoms with Crippen LogP contribution in [0.3, 0.4) is 0 Å². The van der Waals surface area contributed by atoms with E-state index in [-0.39, 0.29) is 0 Å². The quantitative estimate of drug-likeness (QED) is 0.371. The first-order valence-corrected chi connectivity index (χ1v) is 12.2. The van der Waals surface area contributed by atoms with Gasteiger partial charge in [-0.25, -0.2) is 9.97 Å². The first-order valence-electron chi connectivity index (χ1n) is 12.2. The fourth-order valence-corrected chi connectivity index (χ4v) is 4.78. The van der Waals surface area contributed by atoms with Gasteiger partial charge in [0.2, 0.25) is 0 Å². The number of pyridine rings is 1. The largest absolute Gasteiger partial charge is 0.369 e. The highest BCUT2D eigenvalue weighted by molar-refractivity contribution is 5.93. The fraction of sp³-hybridized carbons (Fsp3) is 0.321. The number of hydrogen-bond donors (Lipinski definition) is 2. The summed E-state index contributed by atoms with van der Waals surface area (Å²) in [6.45, 7) is 6.25. The van der Waals surface area contributed by atoms with Gasteiger partial charge in [0.25, 0.3) is 0 Å². The molecule has 1 fully saturated rings. The van der Waals surface area contributed by atoms with Crippen molar-refractivity contribution in [3.8, 4) is 0 Å². The van der Waals surface area contributed by atoms with Crippen molar-refractivity contribution in [2.45, 2.75) is 26.2 Å². The van der Waals surface area contributed by atoms with E-state index >= 15 is 0 Å². The number of fused-ring (bicyclic) bond motifs is 1. The summed E-state index contributed by atoms with van der Waals surface area (Å²) < 4.78 is 0. The summed E-state index contributed by atoms with van der Waals surface area (Å²) in [4.78, 5) is 16.0. The van der Waals surface area contributed by atoms with Gasteiger partial charge >= 0.3 is 0 Å². The number of aryl methyl sites for hydroxylation is 1. The van der Waals surface area contributed by atoms with Crippen molar-refractivity contribution in [1.82, 2.24) is 19.9 Å². The predicted molar refractivity (Wildman–Crippen MR) is 140 cm³/mol. The smallest absolute Gasteiger partial charge is 0.135 e. The highest BCUT2D eigenvalue weighted by Gasteiger charge is 2.19. The van der Waals surface area contributed by atoms with Gasteiger partial charge in [0, 0.05) is 30.2 Å². The molecule has 0 atom stereocenters. The average molecular weight is 453 g/mol. The van der Waals surface area contributed by atoms with Crippen LogP contribution in [0.2, 0.25) is 0 Å². The number of rotatable bonds is 8. The lowest BCUT2D eigenvalue weighted by Crippen LogP contribution is -2.37. The maximum Gasteiger partial charge on any atom is 0.135 e.